The second-order valence-electron chi connectivity index (χ2n) is 5.11. The van der Waals surface area contributed by atoms with Gasteiger partial charge in [0.2, 0.25) is 5.91 Å². The Balaban J connectivity index is 2.17. The number of carbonyl (C=O) groups is 1. The molecule has 2 aromatic heterocycles. The summed E-state index contributed by atoms with van der Waals surface area (Å²) in [4.78, 5) is 18.4. The summed E-state index contributed by atoms with van der Waals surface area (Å²) in [6.07, 6.45) is 3.60. The van der Waals surface area contributed by atoms with Gasteiger partial charge in [-0.1, -0.05) is 23.2 Å². The second-order valence-corrected chi connectivity index (χ2v) is 5.95. The van der Waals surface area contributed by atoms with Crippen molar-refractivity contribution < 1.29 is 4.79 Å². The zero-order chi connectivity index (χ0) is 16.3. The highest BCUT2D eigenvalue weighted by Crippen LogP contribution is 2.22. The van der Waals surface area contributed by atoms with Crippen LogP contribution >= 0.6 is 23.2 Å². The van der Waals surface area contributed by atoms with Gasteiger partial charge >= 0.3 is 0 Å². The van der Waals surface area contributed by atoms with E-state index >= 15 is 0 Å². The number of rotatable bonds is 5. The summed E-state index contributed by atoms with van der Waals surface area (Å²) in [6, 6.07) is 3.75. The fraction of sp³-hybridized carbons (Fsp3) is 0.400. The predicted molar refractivity (Wildman–Crippen MR) is 85.9 cm³/mol. The lowest BCUT2D eigenvalue weighted by molar-refractivity contribution is -0.130. The van der Waals surface area contributed by atoms with Gasteiger partial charge in [0.15, 0.2) is 5.65 Å². The van der Waals surface area contributed by atoms with Crippen molar-refractivity contribution >= 4 is 34.8 Å². The second kappa shape index (κ2) is 6.99. The van der Waals surface area contributed by atoms with Crippen molar-refractivity contribution in [3.05, 3.63) is 34.2 Å². The maximum absolute atomic E-state index is 12.3. The van der Waals surface area contributed by atoms with E-state index in [1.165, 1.54) is 0 Å². The van der Waals surface area contributed by atoms with Crippen LogP contribution in [0.4, 0.5) is 0 Å². The van der Waals surface area contributed by atoms with Gasteiger partial charge in [-0.05, 0) is 19.9 Å². The number of nitrogens with zero attached hydrogens (tertiary/aromatic N) is 4. The van der Waals surface area contributed by atoms with Gasteiger partial charge in [0.25, 0.3) is 0 Å². The molecule has 0 aliphatic rings. The number of halogens is 2. The molecular formula is C15H16Cl2N4O. The van der Waals surface area contributed by atoms with Crippen LogP contribution in [-0.2, 0) is 11.2 Å². The predicted octanol–water partition coefficient (Wildman–Crippen LogP) is 3.19. The SMILES string of the molecule is CCN(CC(C)C#N)C(=O)Cc1cn2cc(Cl)cc(Cl)c2n1. The van der Waals surface area contributed by atoms with Gasteiger partial charge < -0.3 is 9.30 Å². The number of nitriles is 1. The molecule has 0 fully saturated rings. The lowest BCUT2D eigenvalue weighted by Gasteiger charge is -2.21. The van der Waals surface area contributed by atoms with Gasteiger partial charge in [0.1, 0.15) is 0 Å². The van der Waals surface area contributed by atoms with Crippen molar-refractivity contribution in [1.29, 1.82) is 5.26 Å². The molecule has 0 saturated heterocycles. The third kappa shape index (κ3) is 3.70. The Bertz CT molecular complexity index is 735. The van der Waals surface area contributed by atoms with Crippen LogP contribution in [0.5, 0.6) is 0 Å². The molecule has 2 aromatic rings. The van der Waals surface area contributed by atoms with Crippen LogP contribution in [0.1, 0.15) is 19.5 Å². The third-order valence-electron chi connectivity index (χ3n) is 3.30. The molecule has 1 atom stereocenters. The number of carbonyl (C=O) groups excluding carboxylic acids is 1. The Labute approximate surface area is 139 Å². The van der Waals surface area contributed by atoms with Crippen molar-refractivity contribution in [1.82, 2.24) is 14.3 Å². The van der Waals surface area contributed by atoms with Crippen LogP contribution in [0.15, 0.2) is 18.5 Å². The molecule has 1 unspecified atom stereocenters. The van der Waals surface area contributed by atoms with Crippen molar-refractivity contribution in [3.63, 3.8) is 0 Å². The minimum Gasteiger partial charge on any atom is -0.341 e. The molecule has 0 aromatic carbocycles. The van der Waals surface area contributed by atoms with Crippen molar-refractivity contribution in [2.24, 2.45) is 5.92 Å². The molecular weight excluding hydrogens is 323 g/mol. The summed E-state index contributed by atoms with van der Waals surface area (Å²) in [6.45, 7) is 4.67. The number of pyridine rings is 1. The lowest BCUT2D eigenvalue weighted by atomic mass is 10.2. The summed E-state index contributed by atoms with van der Waals surface area (Å²) in [7, 11) is 0. The fourth-order valence-electron chi connectivity index (χ4n) is 2.21. The van der Waals surface area contributed by atoms with E-state index in [2.05, 4.69) is 11.1 Å². The minimum atomic E-state index is -0.196. The minimum absolute atomic E-state index is 0.0600. The van der Waals surface area contributed by atoms with Gasteiger partial charge in [-0.3, -0.25) is 4.79 Å². The number of hydrogen-bond acceptors (Lipinski definition) is 3. The van der Waals surface area contributed by atoms with Gasteiger partial charge in [-0.2, -0.15) is 5.26 Å². The van der Waals surface area contributed by atoms with E-state index in [0.29, 0.717) is 34.5 Å². The van der Waals surface area contributed by atoms with Crippen LogP contribution in [0, 0.1) is 17.2 Å². The first-order valence-electron chi connectivity index (χ1n) is 6.94. The quantitative estimate of drug-likeness (QED) is 0.840. The van der Waals surface area contributed by atoms with Crippen molar-refractivity contribution in [2.45, 2.75) is 20.3 Å². The Kier molecular flexibility index (Phi) is 5.28. The molecule has 5 nitrogen and oxygen atoms in total. The Morgan fingerprint density at radius 3 is 2.86 bits per heavy atom. The Morgan fingerprint density at radius 1 is 1.50 bits per heavy atom. The summed E-state index contributed by atoms with van der Waals surface area (Å²) in [5, 5.41) is 9.82. The highest BCUT2D eigenvalue weighted by Gasteiger charge is 2.17. The van der Waals surface area contributed by atoms with Gasteiger partial charge in [0.05, 0.1) is 34.1 Å². The van der Waals surface area contributed by atoms with Gasteiger partial charge in [-0.25, -0.2) is 4.98 Å². The normalized spacial score (nSPS) is 12.1. The molecule has 0 spiro atoms. The summed E-state index contributed by atoms with van der Waals surface area (Å²) in [5.74, 6) is -0.256. The van der Waals surface area contributed by atoms with E-state index < -0.39 is 0 Å². The Morgan fingerprint density at radius 2 is 2.23 bits per heavy atom. The van der Waals surface area contributed by atoms with Crippen molar-refractivity contribution in [3.8, 4) is 6.07 Å². The molecule has 0 N–H and O–H groups in total. The van der Waals surface area contributed by atoms with Crippen molar-refractivity contribution in [2.75, 3.05) is 13.1 Å². The molecule has 7 heteroatoms. The van der Waals surface area contributed by atoms with Crippen LogP contribution in [0.3, 0.4) is 0 Å². The lowest BCUT2D eigenvalue weighted by Crippen LogP contribution is -2.35. The Hall–Kier alpha value is -1.77. The van der Waals surface area contributed by atoms with Crippen LogP contribution < -0.4 is 0 Å². The number of likely N-dealkylation sites (N-methyl/N-ethyl adjacent to an activating group) is 1. The van der Waals surface area contributed by atoms with E-state index in [1.54, 1.807) is 34.7 Å². The summed E-state index contributed by atoms with van der Waals surface area (Å²) in [5.41, 5.74) is 1.19. The summed E-state index contributed by atoms with van der Waals surface area (Å²) >= 11 is 12.0. The maximum atomic E-state index is 12.3. The largest absolute Gasteiger partial charge is 0.341 e. The molecule has 0 aliphatic carbocycles. The molecule has 1 amide bonds. The average Bonchev–Trinajstić information content (AvgIpc) is 2.86. The van der Waals surface area contributed by atoms with E-state index in [9.17, 15) is 4.79 Å². The van der Waals surface area contributed by atoms with Crippen LogP contribution in [0.25, 0.3) is 5.65 Å². The monoisotopic (exact) mass is 338 g/mol. The molecule has 0 saturated carbocycles. The van der Waals surface area contributed by atoms with E-state index in [4.69, 9.17) is 28.5 Å². The standard InChI is InChI=1S/C15H16Cl2N4O/c1-3-20(7-10(2)6-18)14(22)5-12-9-21-8-11(16)4-13(17)15(21)19-12/h4,8-10H,3,5,7H2,1-2H3. The first-order valence-corrected chi connectivity index (χ1v) is 7.70. The van der Waals surface area contributed by atoms with E-state index in [0.717, 1.165) is 0 Å². The maximum Gasteiger partial charge on any atom is 0.228 e. The first kappa shape index (κ1) is 16.6. The molecule has 0 radical (unpaired) electrons. The first-order chi connectivity index (χ1) is 10.4. The summed E-state index contributed by atoms with van der Waals surface area (Å²) < 4.78 is 1.71. The molecule has 116 valence electrons. The van der Waals surface area contributed by atoms with Gasteiger partial charge in [-0.15, -0.1) is 0 Å². The highest BCUT2D eigenvalue weighted by atomic mass is 35.5. The highest BCUT2D eigenvalue weighted by molar-refractivity contribution is 6.36. The van der Waals surface area contributed by atoms with E-state index in [-0.39, 0.29) is 18.2 Å². The van der Waals surface area contributed by atoms with Crippen LogP contribution in [-0.4, -0.2) is 33.3 Å². The number of fused-ring (bicyclic) bond motifs is 1. The number of hydrogen-bond donors (Lipinski definition) is 0. The van der Waals surface area contributed by atoms with Gasteiger partial charge in [0, 0.05) is 25.5 Å². The van der Waals surface area contributed by atoms with Crippen LogP contribution in [0.2, 0.25) is 10.0 Å². The zero-order valence-corrected chi connectivity index (χ0v) is 13.9. The molecule has 0 bridgehead atoms. The molecule has 0 aliphatic heterocycles. The topological polar surface area (TPSA) is 61.4 Å². The molecule has 2 heterocycles. The number of aromatic nitrogens is 2. The molecule has 2 rings (SSSR count). The molecule has 22 heavy (non-hydrogen) atoms. The van der Waals surface area contributed by atoms with E-state index in [1.807, 2.05) is 6.92 Å². The fourth-order valence-corrected chi connectivity index (χ4v) is 2.73. The average molecular weight is 339 g/mol. The zero-order valence-electron chi connectivity index (χ0n) is 12.4. The smallest absolute Gasteiger partial charge is 0.228 e. The number of amides is 1. The number of imidazole rings is 1. The third-order valence-corrected chi connectivity index (χ3v) is 3.79.